The Balaban J connectivity index is 1.50. The molecule has 0 bridgehead atoms. The van der Waals surface area contributed by atoms with Crippen molar-refractivity contribution in [1.82, 2.24) is 29.2 Å². The van der Waals surface area contributed by atoms with Gasteiger partial charge in [-0.1, -0.05) is 0 Å². The molecular formula is C22H30N6. The molecule has 3 aromatic heterocycles. The molecule has 6 nitrogen and oxygen atoms in total. The lowest BCUT2D eigenvalue weighted by atomic mass is 9.92. The fraction of sp³-hybridized carbons (Fsp3) is 0.591. The first-order chi connectivity index (χ1) is 13.6. The molecule has 0 aromatic carbocycles. The molecule has 0 atom stereocenters. The van der Waals surface area contributed by atoms with Gasteiger partial charge in [-0.2, -0.15) is 5.10 Å². The quantitative estimate of drug-likeness (QED) is 0.673. The van der Waals surface area contributed by atoms with Crippen molar-refractivity contribution >= 4 is 11.0 Å². The molecule has 1 saturated heterocycles. The number of imidazole rings is 1. The topological polar surface area (TPSA) is 51.8 Å². The number of pyridine rings is 1. The summed E-state index contributed by atoms with van der Waals surface area (Å²) in [6.07, 6.45) is 11.2. The van der Waals surface area contributed by atoms with Crippen molar-refractivity contribution in [3.8, 4) is 11.3 Å². The molecule has 1 aliphatic carbocycles. The Morgan fingerprint density at radius 2 is 1.93 bits per heavy atom. The number of nitrogens with zero attached hydrogens (tertiary/aromatic N) is 6. The third-order valence-electron chi connectivity index (χ3n) is 6.34. The van der Waals surface area contributed by atoms with E-state index in [1.54, 1.807) is 0 Å². The average molecular weight is 379 g/mol. The van der Waals surface area contributed by atoms with Gasteiger partial charge >= 0.3 is 0 Å². The summed E-state index contributed by atoms with van der Waals surface area (Å²) in [6.45, 7) is 8.13. The maximum absolute atomic E-state index is 5.13. The number of aryl methyl sites for hydroxylation is 1. The zero-order chi connectivity index (χ0) is 19.3. The van der Waals surface area contributed by atoms with Gasteiger partial charge in [0.15, 0.2) is 0 Å². The molecule has 2 aliphatic rings. The summed E-state index contributed by atoms with van der Waals surface area (Å²) < 4.78 is 4.11. The first-order valence-corrected chi connectivity index (χ1v) is 10.7. The first kappa shape index (κ1) is 17.9. The second-order valence-electron chi connectivity index (χ2n) is 8.93. The molecule has 2 fully saturated rings. The van der Waals surface area contributed by atoms with Crippen molar-refractivity contribution in [2.45, 2.75) is 51.5 Å². The summed E-state index contributed by atoms with van der Waals surface area (Å²) in [5, 5.41) is 4.36. The van der Waals surface area contributed by atoms with Crippen LogP contribution in [0.15, 0.2) is 24.8 Å². The van der Waals surface area contributed by atoms with Crippen LogP contribution in [0.1, 0.15) is 57.2 Å². The highest BCUT2D eigenvalue weighted by Gasteiger charge is 2.28. The van der Waals surface area contributed by atoms with Crippen LogP contribution in [0.2, 0.25) is 0 Å². The standard InChI is InChI=1S/C22H30N6/c1-15(2)28-14-23-22-20(28)10-19(25-21(22)18-11-24-26(3)13-18)17-6-8-27(9-7-17)12-16-4-5-16/h10-11,13-17H,4-9,12H2,1-3H3. The minimum atomic E-state index is 0.377. The monoisotopic (exact) mass is 378 g/mol. The van der Waals surface area contributed by atoms with Gasteiger partial charge in [0, 0.05) is 43.0 Å². The largest absolute Gasteiger partial charge is 0.328 e. The van der Waals surface area contributed by atoms with E-state index in [1.165, 1.54) is 56.5 Å². The number of hydrogen-bond acceptors (Lipinski definition) is 4. The van der Waals surface area contributed by atoms with E-state index < -0.39 is 0 Å². The summed E-state index contributed by atoms with van der Waals surface area (Å²) >= 11 is 0. The Bertz CT molecular complexity index is 972. The molecule has 1 saturated carbocycles. The summed E-state index contributed by atoms with van der Waals surface area (Å²) in [5.74, 6) is 1.51. The van der Waals surface area contributed by atoms with Gasteiger partial charge in [-0.3, -0.25) is 4.68 Å². The summed E-state index contributed by atoms with van der Waals surface area (Å²) in [4.78, 5) is 12.5. The molecule has 0 amide bonds. The van der Waals surface area contributed by atoms with Gasteiger partial charge in [0.25, 0.3) is 0 Å². The minimum absolute atomic E-state index is 0.377. The van der Waals surface area contributed by atoms with E-state index in [0.717, 1.165) is 22.7 Å². The smallest absolute Gasteiger partial charge is 0.115 e. The molecule has 5 rings (SSSR count). The number of hydrogen-bond donors (Lipinski definition) is 0. The fourth-order valence-corrected chi connectivity index (χ4v) is 4.49. The summed E-state index contributed by atoms with van der Waals surface area (Å²) in [6, 6.07) is 2.67. The lowest BCUT2D eigenvalue weighted by molar-refractivity contribution is 0.203. The van der Waals surface area contributed by atoms with Crippen LogP contribution in [0.3, 0.4) is 0 Å². The molecule has 0 unspecified atom stereocenters. The minimum Gasteiger partial charge on any atom is -0.328 e. The van der Waals surface area contributed by atoms with Crippen LogP contribution in [0.5, 0.6) is 0 Å². The molecular weight excluding hydrogens is 348 g/mol. The highest BCUT2D eigenvalue weighted by Crippen LogP contribution is 2.35. The zero-order valence-electron chi connectivity index (χ0n) is 17.2. The van der Waals surface area contributed by atoms with Gasteiger partial charge in [0.2, 0.25) is 0 Å². The highest BCUT2D eigenvalue weighted by atomic mass is 15.2. The average Bonchev–Trinajstić information content (AvgIpc) is 3.22. The molecule has 148 valence electrons. The lowest BCUT2D eigenvalue weighted by Crippen LogP contribution is -2.34. The van der Waals surface area contributed by atoms with Crippen LogP contribution < -0.4 is 0 Å². The Morgan fingerprint density at radius 3 is 2.57 bits per heavy atom. The Morgan fingerprint density at radius 1 is 1.14 bits per heavy atom. The molecule has 0 N–H and O–H groups in total. The van der Waals surface area contributed by atoms with Crippen molar-refractivity contribution in [3.63, 3.8) is 0 Å². The summed E-state index contributed by atoms with van der Waals surface area (Å²) in [7, 11) is 1.95. The van der Waals surface area contributed by atoms with Crippen molar-refractivity contribution < 1.29 is 0 Å². The molecule has 3 aromatic rings. The van der Waals surface area contributed by atoms with Crippen molar-refractivity contribution in [2.24, 2.45) is 13.0 Å². The van der Waals surface area contributed by atoms with Gasteiger partial charge < -0.3 is 9.47 Å². The van der Waals surface area contributed by atoms with Gasteiger partial charge in [-0.05, 0) is 64.6 Å². The Labute approximate surface area is 166 Å². The molecule has 0 spiro atoms. The number of aromatic nitrogens is 5. The van der Waals surface area contributed by atoms with Crippen LogP contribution >= 0.6 is 0 Å². The van der Waals surface area contributed by atoms with E-state index in [2.05, 4.69) is 34.5 Å². The van der Waals surface area contributed by atoms with E-state index in [4.69, 9.17) is 9.97 Å². The second-order valence-corrected chi connectivity index (χ2v) is 8.93. The Hall–Kier alpha value is -2.21. The number of piperidine rings is 1. The third-order valence-corrected chi connectivity index (χ3v) is 6.34. The number of fused-ring (bicyclic) bond motifs is 1. The van der Waals surface area contributed by atoms with Crippen LogP contribution in [-0.2, 0) is 7.05 Å². The predicted octanol–water partition coefficient (Wildman–Crippen LogP) is 4.00. The molecule has 4 heterocycles. The first-order valence-electron chi connectivity index (χ1n) is 10.7. The van der Waals surface area contributed by atoms with Crippen molar-refractivity contribution in [3.05, 3.63) is 30.5 Å². The van der Waals surface area contributed by atoms with Crippen LogP contribution in [0.4, 0.5) is 0 Å². The SMILES string of the molecule is CC(C)n1cnc2c(-c3cnn(C)c3)nc(C3CCN(CC4CC4)CC3)cc21. The predicted molar refractivity (Wildman–Crippen MR) is 111 cm³/mol. The fourth-order valence-electron chi connectivity index (χ4n) is 4.49. The maximum atomic E-state index is 5.13. The van der Waals surface area contributed by atoms with E-state index in [1.807, 2.05) is 30.5 Å². The van der Waals surface area contributed by atoms with E-state index >= 15 is 0 Å². The highest BCUT2D eigenvalue weighted by molar-refractivity contribution is 5.89. The number of rotatable bonds is 5. The third kappa shape index (κ3) is 3.34. The number of likely N-dealkylation sites (tertiary alicyclic amines) is 1. The van der Waals surface area contributed by atoms with E-state index in [-0.39, 0.29) is 0 Å². The zero-order valence-corrected chi connectivity index (χ0v) is 17.2. The maximum Gasteiger partial charge on any atom is 0.115 e. The molecule has 28 heavy (non-hydrogen) atoms. The van der Waals surface area contributed by atoms with Crippen LogP contribution in [-0.4, -0.2) is 48.8 Å². The second kappa shape index (κ2) is 6.99. The van der Waals surface area contributed by atoms with Gasteiger partial charge in [-0.15, -0.1) is 0 Å². The molecule has 6 heteroatoms. The van der Waals surface area contributed by atoms with E-state index in [0.29, 0.717) is 12.0 Å². The molecule has 0 radical (unpaired) electrons. The van der Waals surface area contributed by atoms with Gasteiger partial charge in [0.1, 0.15) is 11.2 Å². The van der Waals surface area contributed by atoms with Crippen molar-refractivity contribution in [2.75, 3.05) is 19.6 Å². The lowest BCUT2D eigenvalue weighted by Gasteiger charge is -2.32. The normalized spacial score (nSPS) is 19.1. The van der Waals surface area contributed by atoms with Crippen LogP contribution in [0.25, 0.3) is 22.3 Å². The van der Waals surface area contributed by atoms with Crippen LogP contribution in [0, 0.1) is 5.92 Å². The molecule has 1 aliphatic heterocycles. The summed E-state index contributed by atoms with van der Waals surface area (Å²) in [5.41, 5.74) is 5.42. The van der Waals surface area contributed by atoms with Gasteiger partial charge in [0.05, 0.1) is 18.0 Å². The van der Waals surface area contributed by atoms with Gasteiger partial charge in [-0.25, -0.2) is 9.97 Å². The van der Waals surface area contributed by atoms with Crippen molar-refractivity contribution in [1.29, 1.82) is 0 Å². The Kier molecular flexibility index (Phi) is 4.46. The van der Waals surface area contributed by atoms with E-state index in [9.17, 15) is 0 Å².